The van der Waals surface area contributed by atoms with Crippen molar-refractivity contribution < 1.29 is 23.7 Å². The van der Waals surface area contributed by atoms with Crippen molar-refractivity contribution >= 4 is 28.8 Å². The van der Waals surface area contributed by atoms with Crippen molar-refractivity contribution in [3.05, 3.63) is 68.4 Å². The third-order valence-electron chi connectivity index (χ3n) is 5.79. The van der Waals surface area contributed by atoms with Crippen LogP contribution in [0.1, 0.15) is 32.4 Å². The fourth-order valence-electron chi connectivity index (χ4n) is 4.32. The second kappa shape index (κ2) is 8.56. The van der Waals surface area contributed by atoms with Crippen LogP contribution in [-0.2, 0) is 6.42 Å². The minimum absolute atomic E-state index is 0.109. The third kappa shape index (κ3) is 3.55. The largest absolute Gasteiger partial charge is 0.493 e. The molecule has 0 N–H and O–H groups in total. The van der Waals surface area contributed by atoms with E-state index >= 15 is 0 Å². The SMILES string of the molecule is COc1cc2c(cc1OC)C(c1cccs1)N(C(=O)c1cc(Cl)c3c(c1)OCCO3)CC2. The number of fused-ring (bicyclic) bond motifs is 2. The standard InChI is InChI=1S/C24H22ClNO5S/c1-28-18-11-14-5-6-26(22(21-4-3-9-32-21)16(14)13-19(18)29-2)24(27)15-10-17(25)23-20(12-15)30-7-8-31-23/h3-4,9-13,22H,5-8H2,1-2H3. The molecule has 1 unspecified atom stereocenters. The van der Waals surface area contributed by atoms with Crippen molar-refractivity contribution in [1.29, 1.82) is 0 Å². The minimum Gasteiger partial charge on any atom is -0.493 e. The Kier molecular flexibility index (Phi) is 5.61. The van der Waals surface area contributed by atoms with E-state index < -0.39 is 0 Å². The van der Waals surface area contributed by atoms with Gasteiger partial charge in [-0.15, -0.1) is 11.3 Å². The Morgan fingerprint density at radius 2 is 1.91 bits per heavy atom. The lowest BCUT2D eigenvalue weighted by Crippen LogP contribution is -2.40. The average molecular weight is 472 g/mol. The van der Waals surface area contributed by atoms with Crippen molar-refractivity contribution in [3.8, 4) is 23.0 Å². The molecule has 1 atom stereocenters. The van der Waals surface area contributed by atoms with Crippen LogP contribution in [0.5, 0.6) is 23.0 Å². The molecule has 32 heavy (non-hydrogen) atoms. The number of hydrogen-bond donors (Lipinski definition) is 0. The Morgan fingerprint density at radius 3 is 2.66 bits per heavy atom. The van der Waals surface area contributed by atoms with Gasteiger partial charge in [0.05, 0.1) is 25.3 Å². The van der Waals surface area contributed by atoms with E-state index in [2.05, 4.69) is 6.07 Å². The summed E-state index contributed by atoms with van der Waals surface area (Å²) in [5.41, 5.74) is 2.66. The molecule has 0 spiro atoms. The topological polar surface area (TPSA) is 57.2 Å². The predicted molar refractivity (Wildman–Crippen MR) is 123 cm³/mol. The maximum absolute atomic E-state index is 13.8. The molecule has 2 aliphatic heterocycles. The minimum atomic E-state index is -0.238. The summed E-state index contributed by atoms with van der Waals surface area (Å²) in [6.07, 6.45) is 0.710. The van der Waals surface area contributed by atoms with Crippen LogP contribution < -0.4 is 18.9 Å². The molecule has 8 heteroatoms. The molecular weight excluding hydrogens is 450 g/mol. The quantitative estimate of drug-likeness (QED) is 0.537. The highest BCUT2D eigenvalue weighted by atomic mass is 35.5. The summed E-state index contributed by atoms with van der Waals surface area (Å²) in [7, 11) is 3.25. The fraction of sp³-hybridized carbons (Fsp3) is 0.292. The first kappa shape index (κ1) is 21.0. The number of rotatable bonds is 4. The van der Waals surface area contributed by atoms with Crippen LogP contribution >= 0.6 is 22.9 Å². The fourth-order valence-corrected chi connectivity index (χ4v) is 5.44. The number of hydrogen-bond acceptors (Lipinski definition) is 6. The van der Waals surface area contributed by atoms with E-state index in [1.807, 2.05) is 28.5 Å². The molecule has 0 aliphatic carbocycles. The highest BCUT2D eigenvalue weighted by Crippen LogP contribution is 2.44. The monoisotopic (exact) mass is 471 g/mol. The Morgan fingerprint density at radius 1 is 1.12 bits per heavy atom. The van der Waals surface area contributed by atoms with Gasteiger partial charge >= 0.3 is 0 Å². The summed E-state index contributed by atoms with van der Waals surface area (Å²) < 4.78 is 22.3. The zero-order valence-electron chi connectivity index (χ0n) is 17.7. The molecule has 0 bridgehead atoms. The lowest BCUT2D eigenvalue weighted by molar-refractivity contribution is 0.0695. The molecule has 0 saturated carbocycles. The van der Waals surface area contributed by atoms with Gasteiger partial charge in [0.1, 0.15) is 13.2 Å². The van der Waals surface area contributed by atoms with Crippen LogP contribution in [0.15, 0.2) is 41.8 Å². The number of halogens is 1. The molecule has 0 saturated heterocycles. The lowest BCUT2D eigenvalue weighted by atomic mass is 9.90. The lowest BCUT2D eigenvalue weighted by Gasteiger charge is -2.37. The summed E-state index contributed by atoms with van der Waals surface area (Å²) in [6, 6.07) is 11.2. The van der Waals surface area contributed by atoms with Crippen molar-refractivity contribution in [2.24, 2.45) is 0 Å². The molecule has 3 aromatic rings. The molecule has 0 fully saturated rings. The van der Waals surface area contributed by atoms with Crippen molar-refractivity contribution in [3.63, 3.8) is 0 Å². The van der Waals surface area contributed by atoms with E-state index in [1.54, 1.807) is 37.7 Å². The van der Waals surface area contributed by atoms with E-state index in [4.69, 9.17) is 30.5 Å². The molecule has 2 aromatic carbocycles. The number of methoxy groups -OCH3 is 2. The first-order valence-corrected chi connectivity index (χ1v) is 11.5. The maximum atomic E-state index is 13.8. The molecule has 1 aromatic heterocycles. The summed E-state index contributed by atoms with van der Waals surface area (Å²) in [5, 5.41) is 2.40. The Labute approximate surface area is 195 Å². The predicted octanol–water partition coefficient (Wildman–Crippen LogP) is 4.98. The van der Waals surface area contributed by atoms with Crippen LogP contribution in [-0.4, -0.2) is 44.8 Å². The first-order valence-electron chi connectivity index (χ1n) is 10.3. The zero-order chi connectivity index (χ0) is 22.2. The zero-order valence-corrected chi connectivity index (χ0v) is 19.3. The van der Waals surface area contributed by atoms with Crippen LogP contribution in [0.25, 0.3) is 0 Å². The Balaban J connectivity index is 1.59. The number of amides is 1. The molecule has 2 aliphatic rings. The van der Waals surface area contributed by atoms with E-state index in [9.17, 15) is 4.79 Å². The normalized spacial score (nSPS) is 17.0. The number of ether oxygens (including phenoxy) is 4. The Hall–Kier alpha value is -2.90. The number of carbonyl (C=O) groups excluding carboxylic acids is 1. The average Bonchev–Trinajstić information content (AvgIpc) is 3.36. The van der Waals surface area contributed by atoms with Gasteiger partial charge in [0.15, 0.2) is 23.0 Å². The smallest absolute Gasteiger partial charge is 0.254 e. The molecular formula is C24H22ClNO5S. The van der Waals surface area contributed by atoms with Crippen molar-refractivity contribution in [2.75, 3.05) is 34.0 Å². The van der Waals surface area contributed by atoms with Crippen LogP contribution in [0.4, 0.5) is 0 Å². The van der Waals surface area contributed by atoms with Gasteiger partial charge in [0, 0.05) is 17.0 Å². The second-order valence-corrected chi connectivity index (χ2v) is 8.94. The molecule has 0 radical (unpaired) electrons. The van der Waals surface area contributed by atoms with Crippen LogP contribution in [0.2, 0.25) is 5.02 Å². The number of nitrogens with zero attached hydrogens (tertiary/aromatic N) is 1. The third-order valence-corrected chi connectivity index (χ3v) is 7.00. The molecule has 6 nitrogen and oxygen atoms in total. The summed E-state index contributed by atoms with van der Waals surface area (Å²) in [6.45, 7) is 1.43. The Bertz CT molecular complexity index is 1160. The molecule has 3 heterocycles. The van der Waals surface area contributed by atoms with E-state index in [-0.39, 0.29) is 11.9 Å². The van der Waals surface area contributed by atoms with Gasteiger partial charge in [0.2, 0.25) is 0 Å². The number of carbonyl (C=O) groups is 1. The van der Waals surface area contributed by atoms with Gasteiger partial charge in [0.25, 0.3) is 5.91 Å². The van der Waals surface area contributed by atoms with Gasteiger partial charge in [-0.2, -0.15) is 0 Å². The summed E-state index contributed by atoms with van der Waals surface area (Å²) in [5.74, 6) is 2.22. The summed E-state index contributed by atoms with van der Waals surface area (Å²) in [4.78, 5) is 16.7. The first-order chi connectivity index (χ1) is 15.6. The van der Waals surface area contributed by atoms with Gasteiger partial charge < -0.3 is 23.8 Å². The highest BCUT2D eigenvalue weighted by molar-refractivity contribution is 7.10. The molecule has 166 valence electrons. The number of benzene rings is 2. The summed E-state index contributed by atoms with van der Waals surface area (Å²) >= 11 is 8.04. The van der Waals surface area contributed by atoms with Crippen molar-refractivity contribution in [2.45, 2.75) is 12.5 Å². The number of thiophene rings is 1. The van der Waals surface area contributed by atoms with Gasteiger partial charge in [-0.1, -0.05) is 17.7 Å². The van der Waals surface area contributed by atoms with Gasteiger partial charge in [-0.25, -0.2) is 0 Å². The molecule has 5 rings (SSSR count). The molecule has 1 amide bonds. The second-order valence-electron chi connectivity index (χ2n) is 7.55. The van der Waals surface area contributed by atoms with Crippen LogP contribution in [0, 0.1) is 0 Å². The van der Waals surface area contributed by atoms with Crippen LogP contribution in [0.3, 0.4) is 0 Å². The van der Waals surface area contributed by atoms with Gasteiger partial charge in [-0.05, 0) is 53.3 Å². The van der Waals surface area contributed by atoms with Crippen molar-refractivity contribution in [1.82, 2.24) is 4.90 Å². The van der Waals surface area contributed by atoms with E-state index in [0.29, 0.717) is 59.8 Å². The van der Waals surface area contributed by atoms with Gasteiger partial charge in [-0.3, -0.25) is 4.79 Å². The van der Waals surface area contributed by atoms with E-state index in [0.717, 1.165) is 16.0 Å². The maximum Gasteiger partial charge on any atom is 0.254 e. The van der Waals surface area contributed by atoms with E-state index in [1.165, 1.54) is 0 Å². The highest BCUT2D eigenvalue weighted by Gasteiger charge is 2.35.